The molecule has 8 radical (unpaired) electrons. The summed E-state index contributed by atoms with van der Waals surface area (Å²) in [5.41, 5.74) is 0. The quantitative estimate of drug-likeness (QED) is 0.425. The van der Waals surface area contributed by atoms with E-state index in [2.05, 4.69) is 60.0 Å². The molecule has 0 aromatic carbocycles. The second-order valence-corrected chi connectivity index (χ2v) is 4.13. The van der Waals surface area contributed by atoms with Crippen LogP contribution >= 0.6 is 0 Å². The number of rotatable bonds is 6. The minimum atomic E-state index is -2.75. The fourth-order valence-electron chi connectivity index (χ4n) is 0.0907. The van der Waals surface area contributed by atoms with Gasteiger partial charge < -0.3 is 24.7 Å². The second kappa shape index (κ2) is 56.2. The first kappa shape index (κ1) is 45.3. The first-order valence-corrected chi connectivity index (χ1v) is 8.24. The Kier molecular flexibility index (Phi) is 102. The van der Waals surface area contributed by atoms with E-state index < -0.39 is 14.6 Å². The van der Waals surface area contributed by atoms with Gasteiger partial charge >= 0.3 is 47.8 Å². The van der Waals surface area contributed by atoms with E-state index in [1.807, 2.05) is 0 Å². The van der Waals surface area contributed by atoms with Crippen molar-refractivity contribution in [1.29, 1.82) is 0 Å². The van der Waals surface area contributed by atoms with Crippen LogP contribution < -0.4 is 20.1 Å². The summed E-state index contributed by atoms with van der Waals surface area (Å²) < 4.78 is 3.03. The fraction of sp³-hybridized carbons (Fsp3) is 0.750. The molecule has 0 N–H and O–H groups in total. The largest absolute Gasteiger partial charge is 2.00 e. The van der Waals surface area contributed by atoms with Gasteiger partial charge in [-0.15, -0.1) is 0 Å². The molecule has 9 heteroatoms. The van der Waals surface area contributed by atoms with E-state index in [0.29, 0.717) is 0 Å². The average molecular weight is 568 g/mol. The topological polar surface area (TPSA) is 101 Å². The van der Waals surface area contributed by atoms with E-state index in [4.69, 9.17) is 20.1 Å². The van der Waals surface area contributed by atoms with Gasteiger partial charge in [0.25, 0.3) is 0 Å². The average Bonchev–Trinajstić information content (AvgIpc) is 2.54. The monoisotopic (exact) mass is 570 g/mol. The van der Waals surface area contributed by atoms with Crippen molar-refractivity contribution >= 4 is 62.5 Å². The third-order valence-corrected chi connectivity index (χ3v) is 1.64. The minimum absolute atomic E-state index is 0. The van der Waals surface area contributed by atoms with E-state index in [9.17, 15) is 0 Å². The Labute approximate surface area is 193 Å². The molecule has 0 atom stereocenters. The smallest absolute Gasteiger partial charge is 0.872 e. The summed E-state index contributed by atoms with van der Waals surface area (Å²) in [4.78, 5) is 0. The van der Waals surface area contributed by atoms with Crippen LogP contribution in [0.25, 0.3) is 0 Å². The van der Waals surface area contributed by atoms with Gasteiger partial charge in [-0.2, -0.15) is 0 Å². The third kappa shape index (κ3) is 156. The predicted molar refractivity (Wildman–Crippen MR) is 105 cm³/mol. The van der Waals surface area contributed by atoms with Crippen LogP contribution in [0.4, 0.5) is 0 Å². The van der Waals surface area contributed by atoms with Crippen LogP contribution in [0.1, 0.15) is 79.1 Å². The zero-order valence-electron chi connectivity index (χ0n) is 16.7. The zero-order valence-corrected chi connectivity index (χ0v) is 22.4. The molecule has 144 valence electrons. The SMILES string of the molecule is [CH2]CCC.[CH2]CCC.[CH2]CCC.[CH2]CCC.[O-]B([O-])OB([O-])[O-].[Sn+2].[Sn+2]. The molecule has 0 amide bonds. The molecule has 0 aliphatic heterocycles. The Morgan fingerprint density at radius 2 is 0.680 bits per heavy atom. The first-order valence-electron chi connectivity index (χ1n) is 8.24. The number of unbranched alkanes of at least 4 members (excludes halogenated alkanes) is 4. The van der Waals surface area contributed by atoms with Crippen molar-refractivity contribution < 1.29 is 24.7 Å². The molecule has 0 saturated carbocycles. The molecule has 0 unspecified atom stereocenters. The zero-order chi connectivity index (χ0) is 19.5. The summed E-state index contributed by atoms with van der Waals surface area (Å²) in [6, 6.07) is 0. The van der Waals surface area contributed by atoms with E-state index in [0.717, 1.165) is 25.7 Å². The third-order valence-electron chi connectivity index (χ3n) is 1.64. The maximum absolute atomic E-state index is 9.16. The molecule has 0 aliphatic carbocycles. The van der Waals surface area contributed by atoms with E-state index in [1.54, 1.807) is 0 Å². The molecule has 0 bridgehead atoms. The summed E-state index contributed by atoms with van der Waals surface area (Å²) in [5, 5.41) is 36.6. The van der Waals surface area contributed by atoms with Crippen molar-refractivity contribution in [2.45, 2.75) is 79.1 Å². The van der Waals surface area contributed by atoms with Crippen molar-refractivity contribution in [2.75, 3.05) is 0 Å². The van der Waals surface area contributed by atoms with Gasteiger partial charge in [-0.1, -0.05) is 107 Å². The molecule has 25 heavy (non-hydrogen) atoms. The van der Waals surface area contributed by atoms with Crippen molar-refractivity contribution in [3.05, 3.63) is 27.7 Å². The summed E-state index contributed by atoms with van der Waals surface area (Å²) in [7, 11) is -5.50. The van der Waals surface area contributed by atoms with Crippen LogP contribution in [0.15, 0.2) is 0 Å². The summed E-state index contributed by atoms with van der Waals surface area (Å²) >= 11 is 0. The van der Waals surface area contributed by atoms with Crippen LogP contribution in [0.2, 0.25) is 0 Å². The van der Waals surface area contributed by atoms with Gasteiger partial charge in [-0.3, -0.25) is 0 Å². The predicted octanol–water partition coefficient (Wildman–Crippen LogP) is 0.135. The Morgan fingerprint density at radius 1 is 0.560 bits per heavy atom. The van der Waals surface area contributed by atoms with Crippen molar-refractivity contribution in [1.82, 2.24) is 0 Å². The molecular weight excluding hydrogens is 531 g/mol. The Bertz CT molecular complexity index is 120. The molecule has 0 aromatic heterocycles. The molecule has 5 nitrogen and oxygen atoms in total. The maximum atomic E-state index is 9.16. The Hall–Kier alpha value is 1.53. The number of hydrogen-bond acceptors (Lipinski definition) is 5. The van der Waals surface area contributed by atoms with Gasteiger partial charge in [-0.05, 0) is 0 Å². The minimum Gasteiger partial charge on any atom is -0.872 e. The van der Waals surface area contributed by atoms with Crippen LogP contribution in [-0.2, 0) is 4.57 Å². The van der Waals surface area contributed by atoms with Crippen LogP contribution in [0, 0.1) is 27.7 Å². The molecule has 0 spiro atoms. The molecule has 0 aromatic rings. The Morgan fingerprint density at radius 3 is 0.680 bits per heavy atom. The van der Waals surface area contributed by atoms with Crippen molar-refractivity contribution in [3.63, 3.8) is 0 Å². The molecular formula is C16H36B2O5Sn2. The fourth-order valence-corrected chi connectivity index (χ4v) is 0.0907. The standard InChI is InChI=1S/4C4H9.B2O5.2Sn/c4*1-3-4-2;3-1(4)7-2(5)6;;/h4*1,3-4H2,2H3;;;/q;;;;-4;2*+2. The van der Waals surface area contributed by atoms with Crippen LogP contribution in [0.5, 0.6) is 0 Å². The van der Waals surface area contributed by atoms with Gasteiger partial charge in [-0.25, -0.2) is 0 Å². The molecule has 0 fully saturated rings. The van der Waals surface area contributed by atoms with Crippen molar-refractivity contribution in [2.24, 2.45) is 0 Å². The number of hydrogen-bond donors (Lipinski definition) is 0. The molecule has 0 rings (SSSR count). The Balaban J connectivity index is -0.0000000326. The van der Waals surface area contributed by atoms with E-state index in [-0.39, 0.29) is 47.8 Å². The maximum Gasteiger partial charge on any atom is 2.00 e. The van der Waals surface area contributed by atoms with Crippen LogP contribution in [-0.4, -0.2) is 62.5 Å². The first-order chi connectivity index (χ1) is 10.8. The van der Waals surface area contributed by atoms with Gasteiger partial charge in [0.15, 0.2) is 0 Å². The summed E-state index contributed by atoms with van der Waals surface area (Å²) in [6.45, 7) is 22.9. The molecule has 0 saturated heterocycles. The summed E-state index contributed by atoms with van der Waals surface area (Å²) in [5.74, 6) is 0. The van der Waals surface area contributed by atoms with E-state index >= 15 is 0 Å². The van der Waals surface area contributed by atoms with Gasteiger partial charge in [0.1, 0.15) is 0 Å². The normalized spacial score (nSPS) is 7.20. The van der Waals surface area contributed by atoms with Crippen molar-refractivity contribution in [3.8, 4) is 0 Å². The molecule has 0 heterocycles. The second-order valence-electron chi connectivity index (χ2n) is 4.13. The molecule has 0 aliphatic rings. The van der Waals surface area contributed by atoms with Gasteiger partial charge in [0.05, 0.1) is 0 Å². The van der Waals surface area contributed by atoms with Crippen LogP contribution in [0.3, 0.4) is 0 Å². The summed E-state index contributed by atoms with van der Waals surface area (Å²) in [6.07, 6.45) is 9.11. The van der Waals surface area contributed by atoms with E-state index in [1.165, 1.54) is 25.7 Å². The van der Waals surface area contributed by atoms with Gasteiger partial charge in [0, 0.05) is 14.6 Å². The van der Waals surface area contributed by atoms with Gasteiger partial charge in [0.2, 0.25) is 0 Å².